The first-order valence-corrected chi connectivity index (χ1v) is 9.00. The number of nitrogens with two attached hydrogens (primary N) is 2. The molecule has 3 aliphatic rings. The van der Waals surface area contributed by atoms with Crippen molar-refractivity contribution in [2.24, 2.45) is 16.5 Å². The van der Waals surface area contributed by atoms with Gasteiger partial charge in [0.05, 0.1) is 19.5 Å². The van der Waals surface area contributed by atoms with Crippen molar-refractivity contribution in [1.82, 2.24) is 20.9 Å². The Kier molecular flexibility index (Phi) is 6.61. The minimum atomic E-state index is -1.41. The highest BCUT2D eigenvalue weighted by Gasteiger charge is 2.51. The van der Waals surface area contributed by atoms with Gasteiger partial charge in [-0.15, -0.1) is 0 Å². The third-order valence-corrected chi connectivity index (χ3v) is 4.61. The SMILES string of the molecule is C[C@@]12CN(CC(=O)N[C@@H](CCCN=C(N)N)C(=O)N[C@@H](CC(=O)O)C(=O)N1)C2=O. The molecular weight excluding hydrogens is 386 g/mol. The van der Waals surface area contributed by atoms with Crippen molar-refractivity contribution in [2.75, 3.05) is 19.6 Å². The Morgan fingerprint density at radius 1 is 1.21 bits per heavy atom. The van der Waals surface area contributed by atoms with E-state index < -0.39 is 53.6 Å². The van der Waals surface area contributed by atoms with E-state index in [1.807, 2.05) is 0 Å². The second-order valence-corrected chi connectivity index (χ2v) is 7.21. The third kappa shape index (κ3) is 5.56. The average Bonchev–Trinajstić information content (AvgIpc) is 2.61. The molecule has 2 bridgehead atoms. The van der Waals surface area contributed by atoms with Crippen LogP contribution in [0.25, 0.3) is 0 Å². The van der Waals surface area contributed by atoms with Crippen LogP contribution in [0.1, 0.15) is 26.2 Å². The number of nitrogens with one attached hydrogen (secondary N) is 3. The van der Waals surface area contributed by atoms with Gasteiger partial charge in [0.2, 0.25) is 23.6 Å². The van der Waals surface area contributed by atoms with Crippen molar-refractivity contribution in [3.05, 3.63) is 0 Å². The van der Waals surface area contributed by atoms with Gasteiger partial charge in [-0.1, -0.05) is 0 Å². The average molecular weight is 411 g/mol. The number of β-lactam (4-membered cyclic amide) rings is 1. The van der Waals surface area contributed by atoms with Gasteiger partial charge >= 0.3 is 5.97 Å². The predicted octanol–water partition coefficient (Wildman–Crippen LogP) is -3.78. The molecule has 29 heavy (non-hydrogen) atoms. The fraction of sp³-hybridized carbons (Fsp3) is 0.625. The lowest BCUT2D eigenvalue weighted by Crippen LogP contribution is -2.75. The molecule has 13 nitrogen and oxygen atoms in total. The van der Waals surface area contributed by atoms with Crippen LogP contribution in [0.5, 0.6) is 0 Å². The summed E-state index contributed by atoms with van der Waals surface area (Å²) >= 11 is 0. The molecule has 3 aliphatic heterocycles. The highest BCUT2D eigenvalue weighted by atomic mass is 16.4. The normalized spacial score (nSPS) is 27.4. The molecule has 0 unspecified atom stereocenters. The van der Waals surface area contributed by atoms with Crippen LogP contribution in [-0.4, -0.2) is 82.8 Å². The van der Waals surface area contributed by atoms with E-state index in [1.165, 1.54) is 11.8 Å². The smallest absolute Gasteiger partial charge is 0.305 e. The topological polar surface area (TPSA) is 209 Å². The van der Waals surface area contributed by atoms with E-state index in [2.05, 4.69) is 20.9 Å². The van der Waals surface area contributed by atoms with Crippen molar-refractivity contribution in [2.45, 2.75) is 43.8 Å². The molecule has 0 aliphatic carbocycles. The number of carboxylic acids is 1. The van der Waals surface area contributed by atoms with Gasteiger partial charge in [0, 0.05) is 6.54 Å². The first-order chi connectivity index (χ1) is 13.5. The number of aliphatic imine (C=N–C) groups is 1. The van der Waals surface area contributed by atoms with Crippen LogP contribution in [0.3, 0.4) is 0 Å². The van der Waals surface area contributed by atoms with Crippen molar-refractivity contribution in [3.8, 4) is 0 Å². The van der Waals surface area contributed by atoms with E-state index in [9.17, 15) is 24.0 Å². The summed E-state index contributed by atoms with van der Waals surface area (Å²) in [6.45, 7) is 1.51. The number of aliphatic carboxylic acids is 1. The number of nitrogens with zero attached hydrogens (tertiary/aromatic N) is 2. The molecule has 0 aromatic heterocycles. The molecule has 160 valence electrons. The number of hydrogen-bond donors (Lipinski definition) is 6. The summed E-state index contributed by atoms with van der Waals surface area (Å²) in [5.74, 6) is -3.95. The summed E-state index contributed by atoms with van der Waals surface area (Å²) in [6, 6.07) is -2.46. The first-order valence-electron chi connectivity index (χ1n) is 9.00. The van der Waals surface area contributed by atoms with Gasteiger partial charge in [0.15, 0.2) is 5.96 Å². The number of carbonyl (C=O) groups is 5. The van der Waals surface area contributed by atoms with Gasteiger partial charge < -0.3 is 37.4 Å². The summed E-state index contributed by atoms with van der Waals surface area (Å²) in [5.41, 5.74) is 9.23. The van der Waals surface area contributed by atoms with Crippen LogP contribution in [0.4, 0.5) is 0 Å². The second kappa shape index (κ2) is 8.75. The minimum absolute atomic E-state index is 0.0912. The molecule has 8 N–H and O–H groups in total. The molecule has 3 saturated heterocycles. The number of amides is 4. The van der Waals surface area contributed by atoms with Gasteiger partial charge in [-0.3, -0.25) is 29.0 Å². The quantitative estimate of drug-likeness (QED) is 0.0837. The minimum Gasteiger partial charge on any atom is -0.481 e. The first kappa shape index (κ1) is 21.9. The van der Waals surface area contributed by atoms with Gasteiger partial charge in [0.1, 0.15) is 17.6 Å². The highest BCUT2D eigenvalue weighted by Crippen LogP contribution is 2.22. The summed E-state index contributed by atoms with van der Waals surface area (Å²) in [4.78, 5) is 65.9. The number of carbonyl (C=O) groups excluding carboxylic acids is 4. The zero-order chi connectivity index (χ0) is 21.8. The Bertz CT molecular complexity index is 750. The van der Waals surface area contributed by atoms with Gasteiger partial charge in [-0.25, -0.2) is 0 Å². The maximum Gasteiger partial charge on any atom is 0.305 e. The summed E-state index contributed by atoms with van der Waals surface area (Å²) in [6.07, 6.45) is -0.200. The Labute approximate surface area is 166 Å². The van der Waals surface area contributed by atoms with E-state index in [4.69, 9.17) is 16.6 Å². The van der Waals surface area contributed by atoms with E-state index in [0.29, 0.717) is 6.42 Å². The molecular formula is C16H25N7O6. The van der Waals surface area contributed by atoms with Crippen molar-refractivity contribution in [3.63, 3.8) is 0 Å². The van der Waals surface area contributed by atoms with Gasteiger partial charge in [0.25, 0.3) is 0 Å². The monoisotopic (exact) mass is 411 g/mol. The lowest BCUT2D eigenvalue weighted by atomic mass is 9.90. The molecule has 0 spiro atoms. The largest absolute Gasteiger partial charge is 0.481 e. The summed E-state index contributed by atoms with van der Waals surface area (Å²) in [7, 11) is 0. The molecule has 0 aromatic rings. The third-order valence-electron chi connectivity index (χ3n) is 4.61. The lowest BCUT2D eigenvalue weighted by molar-refractivity contribution is -0.158. The summed E-state index contributed by atoms with van der Waals surface area (Å²) < 4.78 is 0. The Hall–Kier alpha value is -3.38. The molecule has 0 radical (unpaired) electrons. The van der Waals surface area contributed by atoms with Crippen LogP contribution in [0.15, 0.2) is 4.99 Å². The van der Waals surface area contributed by atoms with E-state index in [1.54, 1.807) is 0 Å². The zero-order valence-corrected chi connectivity index (χ0v) is 15.9. The fourth-order valence-electron chi connectivity index (χ4n) is 3.20. The zero-order valence-electron chi connectivity index (χ0n) is 15.9. The lowest BCUT2D eigenvalue weighted by Gasteiger charge is -2.47. The molecule has 3 heterocycles. The molecule has 3 rings (SSSR count). The van der Waals surface area contributed by atoms with E-state index >= 15 is 0 Å². The molecule has 13 heteroatoms. The van der Waals surface area contributed by atoms with Crippen LogP contribution >= 0.6 is 0 Å². The van der Waals surface area contributed by atoms with Crippen LogP contribution < -0.4 is 27.4 Å². The number of hydrogen-bond acceptors (Lipinski definition) is 6. The van der Waals surface area contributed by atoms with Crippen LogP contribution in [-0.2, 0) is 24.0 Å². The van der Waals surface area contributed by atoms with Crippen LogP contribution in [0.2, 0.25) is 0 Å². The maximum atomic E-state index is 12.6. The molecule has 0 saturated carbocycles. The second-order valence-electron chi connectivity index (χ2n) is 7.21. The molecule has 0 aromatic carbocycles. The molecule has 3 fully saturated rings. The Morgan fingerprint density at radius 3 is 2.48 bits per heavy atom. The van der Waals surface area contributed by atoms with Gasteiger partial charge in [-0.05, 0) is 19.8 Å². The number of guanidine groups is 1. The number of fused-ring (bicyclic) bond motifs is 8. The van der Waals surface area contributed by atoms with Crippen molar-refractivity contribution in [1.29, 1.82) is 0 Å². The Balaban J connectivity index is 2.20. The van der Waals surface area contributed by atoms with Crippen LogP contribution in [0, 0.1) is 0 Å². The van der Waals surface area contributed by atoms with E-state index in [-0.39, 0.29) is 32.0 Å². The highest BCUT2D eigenvalue weighted by molar-refractivity contribution is 6.02. The summed E-state index contributed by atoms with van der Waals surface area (Å²) in [5, 5.41) is 16.4. The van der Waals surface area contributed by atoms with E-state index in [0.717, 1.165) is 0 Å². The van der Waals surface area contributed by atoms with Crippen molar-refractivity contribution >= 4 is 35.6 Å². The maximum absolute atomic E-state index is 12.6. The standard InChI is InChI=1S/C16H25N7O6/c1-16-7-23(14(16)29)6-10(24)20-8(3-2-4-19-15(17)18)12(27)21-9(5-11(25)26)13(28)22-16/h8-9H,2-7H2,1H3,(H,20,24)(H,21,27)(H,22,28)(H,25,26)(H4,17,18,19)/t8-,9-,16-/m0/s1. The molecule has 4 amide bonds. The fourth-order valence-corrected chi connectivity index (χ4v) is 3.20. The number of carboxylic acid groups (broad SMARTS) is 1. The predicted molar refractivity (Wildman–Crippen MR) is 99.2 cm³/mol. The number of rotatable bonds is 6. The Morgan fingerprint density at radius 2 is 1.90 bits per heavy atom. The molecule has 3 atom stereocenters. The van der Waals surface area contributed by atoms with Gasteiger partial charge in [-0.2, -0.15) is 0 Å². The van der Waals surface area contributed by atoms with Crippen molar-refractivity contribution < 1.29 is 29.1 Å².